The molecule has 0 aliphatic carbocycles. The lowest BCUT2D eigenvalue weighted by Gasteiger charge is -2.52. The predicted molar refractivity (Wildman–Crippen MR) is 115 cm³/mol. The summed E-state index contributed by atoms with van der Waals surface area (Å²) in [5.74, 6) is 0.0956. The Hall–Kier alpha value is -3.75. The number of fused-ring (bicyclic) bond motifs is 2. The summed E-state index contributed by atoms with van der Waals surface area (Å²) < 4.78 is 19.3. The summed E-state index contributed by atoms with van der Waals surface area (Å²) in [7, 11) is 0. The lowest BCUT2D eigenvalue weighted by atomic mass is 9.82. The SMILES string of the molecule is Cc1ccc(-n2nccn2)c(C(=O)N2CC[C@H]3CN(c4nc5ccc(F)cc5o4)[C@H]3C2)c1. The molecule has 2 fully saturated rings. The summed E-state index contributed by atoms with van der Waals surface area (Å²) in [4.78, 5) is 23.5. The molecule has 2 aliphatic heterocycles. The lowest BCUT2D eigenvalue weighted by Crippen LogP contribution is -2.65. The highest BCUT2D eigenvalue weighted by Crippen LogP contribution is 2.38. The Kier molecular flexibility index (Phi) is 4.24. The number of nitrogens with zero attached hydrogens (tertiary/aromatic N) is 6. The summed E-state index contributed by atoms with van der Waals surface area (Å²) in [6, 6.07) is 10.7. The van der Waals surface area contributed by atoms with Gasteiger partial charge in [-0.1, -0.05) is 11.6 Å². The Balaban J connectivity index is 1.26. The zero-order valence-electron chi connectivity index (χ0n) is 17.5. The van der Waals surface area contributed by atoms with Gasteiger partial charge in [0.2, 0.25) is 0 Å². The molecule has 9 heteroatoms. The van der Waals surface area contributed by atoms with Gasteiger partial charge in [0.25, 0.3) is 11.9 Å². The minimum atomic E-state index is -0.350. The quantitative estimate of drug-likeness (QED) is 0.495. The van der Waals surface area contributed by atoms with Crippen molar-refractivity contribution in [2.45, 2.75) is 19.4 Å². The molecule has 8 nitrogen and oxygen atoms in total. The first-order valence-electron chi connectivity index (χ1n) is 10.7. The second-order valence-corrected chi connectivity index (χ2v) is 8.47. The molecule has 0 radical (unpaired) electrons. The number of hydrogen-bond acceptors (Lipinski definition) is 6. The number of benzene rings is 2. The maximum absolute atomic E-state index is 13.5. The molecule has 2 atom stereocenters. The fourth-order valence-corrected chi connectivity index (χ4v) is 4.72. The van der Waals surface area contributed by atoms with Crippen molar-refractivity contribution in [3.8, 4) is 5.69 Å². The van der Waals surface area contributed by atoms with Crippen LogP contribution < -0.4 is 4.90 Å². The third-order valence-electron chi connectivity index (χ3n) is 6.44. The van der Waals surface area contributed by atoms with Crippen molar-refractivity contribution in [2.24, 2.45) is 5.92 Å². The number of rotatable bonds is 3. The maximum atomic E-state index is 13.5. The van der Waals surface area contributed by atoms with E-state index >= 15 is 0 Å². The molecule has 32 heavy (non-hydrogen) atoms. The highest BCUT2D eigenvalue weighted by Gasteiger charge is 2.45. The Morgan fingerprint density at radius 1 is 1.12 bits per heavy atom. The average Bonchev–Trinajstić information content (AvgIpc) is 3.44. The maximum Gasteiger partial charge on any atom is 0.298 e. The first kappa shape index (κ1) is 19.0. The molecule has 1 amide bonds. The molecular formula is C23H21FN6O2. The minimum Gasteiger partial charge on any atom is -0.423 e. The molecule has 2 aromatic heterocycles. The van der Waals surface area contributed by atoms with E-state index in [2.05, 4.69) is 20.1 Å². The van der Waals surface area contributed by atoms with E-state index in [0.29, 0.717) is 47.4 Å². The zero-order valence-corrected chi connectivity index (χ0v) is 17.5. The zero-order chi connectivity index (χ0) is 21.8. The first-order chi connectivity index (χ1) is 15.6. The van der Waals surface area contributed by atoms with Crippen LogP contribution in [0.25, 0.3) is 16.8 Å². The van der Waals surface area contributed by atoms with E-state index in [4.69, 9.17) is 4.42 Å². The Labute approximate surface area is 183 Å². The van der Waals surface area contributed by atoms with Crippen molar-refractivity contribution in [3.63, 3.8) is 0 Å². The number of oxazole rings is 1. The van der Waals surface area contributed by atoms with Crippen LogP contribution in [0.15, 0.2) is 53.2 Å². The molecule has 2 aromatic carbocycles. The number of hydrogen-bond donors (Lipinski definition) is 0. The van der Waals surface area contributed by atoms with E-state index in [-0.39, 0.29) is 17.8 Å². The Morgan fingerprint density at radius 2 is 1.97 bits per heavy atom. The average molecular weight is 432 g/mol. The Bertz CT molecular complexity index is 1320. The van der Waals surface area contributed by atoms with E-state index in [9.17, 15) is 9.18 Å². The van der Waals surface area contributed by atoms with Crippen LogP contribution >= 0.6 is 0 Å². The van der Waals surface area contributed by atoms with Crippen LogP contribution in [0.4, 0.5) is 10.4 Å². The van der Waals surface area contributed by atoms with Gasteiger partial charge in [0.05, 0.1) is 29.7 Å². The second kappa shape index (κ2) is 7.15. The van der Waals surface area contributed by atoms with Crippen molar-refractivity contribution in [1.29, 1.82) is 0 Å². The largest absolute Gasteiger partial charge is 0.423 e. The molecule has 2 aliphatic rings. The summed E-state index contributed by atoms with van der Waals surface area (Å²) in [6.07, 6.45) is 4.11. The Morgan fingerprint density at radius 3 is 2.81 bits per heavy atom. The van der Waals surface area contributed by atoms with Crippen LogP contribution in [-0.2, 0) is 0 Å². The van der Waals surface area contributed by atoms with Crippen molar-refractivity contribution in [3.05, 3.63) is 65.7 Å². The minimum absolute atomic E-state index is 0.0362. The number of likely N-dealkylation sites (tertiary alicyclic amines) is 1. The van der Waals surface area contributed by atoms with Gasteiger partial charge in [-0.2, -0.15) is 20.0 Å². The number of aromatic nitrogens is 4. The fraction of sp³-hybridized carbons (Fsp3) is 0.304. The third-order valence-corrected chi connectivity index (χ3v) is 6.44. The number of carbonyl (C=O) groups is 1. The molecule has 4 aromatic rings. The second-order valence-electron chi connectivity index (χ2n) is 8.47. The number of carbonyl (C=O) groups excluding carboxylic acids is 1. The molecule has 0 unspecified atom stereocenters. The molecular weight excluding hydrogens is 411 g/mol. The van der Waals surface area contributed by atoms with Gasteiger partial charge in [0, 0.05) is 31.6 Å². The molecule has 4 heterocycles. The van der Waals surface area contributed by atoms with Gasteiger partial charge in [0.15, 0.2) is 5.58 Å². The number of amides is 1. The van der Waals surface area contributed by atoms with E-state index in [1.165, 1.54) is 16.9 Å². The van der Waals surface area contributed by atoms with Crippen molar-refractivity contribution < 1.29 is 13.6 Å². The van der Waals surface area contributed by atoms with Gasteiger partial charge >= 0.3 is 0 Å². The van der Waals surface area contributed by atoms with Crippen LogP contribution in [0, 0.1) is 18.7 Å². The number of halogens is 1. The van der Waals surface area contributed by atoms with Crippen molar-refractivity contribution >= 4 is 23.0 Å². The van der Waals surface area contributed by atoms with Gasteiger partial charge in [-0.05, 0) is 37.6 Å². The lowest BCUT2D eigenvalue weighted by molar-refractivity contribution is 0.0583. The van der Waals surface area contributed by atoms with Crippen LogP contribution in [0.2, 0.25) is 0 Å². The molecule has 6 rings (SSSR count). The predicted octanol–water partition coefficient (Wildman–Crippen LogP) is 3.21. The molecule has 0 spiro atoms. The highest BCUT2D eigenvalue weighted by atomic mass is 19.1. The summed E-state index contributed by atoms with van der Waals surface area (Å²) in [5.41, 5.74) is 3.32. The molecule has 2 saturated heterocycles. The third kappa shape index (κ3) is 3.04. The van der Waals surface area contributed by atoms with Crippen LogP contribution in [0.1, 0.15) is 22.3 Å². The van der Waals surface area contributed by atoms with Gasteiger partial charge in [-0.15, -0.1) is 0 Å². The van der Waals surface area contributed by atoms with E-state index < -0.39 is 0 Å². The van der Waals surface area contributed by atoms with Crippen LogP contribution in [-0.4, -0.2) is 56.5 Å². The summed E-state index contributed by atoms with van der Waals surface area (Å²) in [6.45, 7) is 4.07. The van der Waals surface area contributed by atoms with Crippen molar-refractivity contribution in [1.82, 2.24) is 24.9 Å². The molecule has 0 N–H and O–H groups in total. The van der Waals surface area contributed by atoms with Gasteiger partial charge < -0.3 is 14.2 Å². The molecule has 0 bridgehead atoms. The molecule has 0 saturated carbocycles. The number of anilines is 1. The molecule has 162 valence electrons. The smallest absolute Gasteiger partial charge is 0.298 e. The van der Waals surface area contributed by atoms with E-state index in [1.807, 2.05) is 30.0 Å². The van der Waals surface area contributed by atoms with Crippen LogP contribution in [0.5, 0.6) is 0 Å². The number of piperidine rings is 1. The van der Waals surface area contributed by atoms with E-state index in [1.54, 1.807) is 18.5 Å². The van der Waals surface area contributed by atoms with Gasteiger partial charge in [0.1, 0.15) is 11.3 Å². The monoisotopic (exact) mass is 432 g/mol. The van der Waals surface area contributed by atoms with Gasteiger partial charge in [-0.3, -0.25) is 4.79 Å². The summed E-state index contributed by atoms with van der Waals surface area (Å²) in [5, 5.41) is 8.40. The number of aryl methyl sites for hydroxylation is 1. The fourth-order valence-electron chi connectivity index (χ4n) is 4.72. The summed E-state index contributed by atoms with van der Waals surface area (Å²) >= 11 is 0. The van der Waals surface area contributed by atoms with Crippen molar-refractivity contribution in [2.75, 3.05) is 24.5 Å². The van der Waals surface area contributed by atoms with E-state index in [0.717, 1.165) is 18.5 Å². The van der Waals surface area contributed by atoms with Crippen LogP contribution in [0.3, 0.4) is 0 Å². The van der Waals surface area contributed by atoms with Gasteiger partial charge in [-0.25, -0.2) is 4.39 Å². The normalized spacial score (nSPS) is 20.3. The topological polar surface area (TPSA) is 80.3 Å². The first-order valence-corrected chi connectivity index (χ1v) is 10.7. The highest BCUT2D eigenvalue weighted by molar-refractivity contribution is 5.98. The standard InChI is InChI=1S/C23H21FN6O2/c1-14-2-5-19(30-25-7-8-26-30)17(10-14)22(31)28-9-6-15-12-29(20(15)13-28)23-27-18-4-3-16(24)11-21(18)32-23/h2-5,7-8,10-11,15,20H,6,9,12-13H2,1H3/t15-,20-/m0/s1.